The molecular formula is C24H30ClN5OS. The largest absolute Gasteiger partial charge is 0.382 e. The second-order valence-electron chi connectivity index (χ2n) is 9.22. The Morgan fingerprint density at radius 2 is 1.97 bits per heavy atom. The lowest BCUT2D eigenvalue weighted by atomic mass is 9.94. The number of aromatic nitrogens is 2. The van der Waals surface area contributed by atoms with Gasteiger partial charge in [0.1, 0.15) is 10.5 Å². The molecule has 6 nitrogen and oxygen atoms in total. The van der Waals surface area contributed by atoms with Crippen molar-refractivity contribution in [3.05, 3.63) is 46.5 Å². The molecule has 4 N–H and O–H groups in total. The summed E-state index contributed by atoms with van der Waals surface area (Å²) in [5.41, 5.74) is 4.80. The molecular weight excluding hydrogens is 442 g/mol. The maximum absolute atomic E-state index is 12.7. The Morgan fingerprint density at radius 3 is 2.69 bits per heavy atom. The lowest BCUT2D eigenvalue weighted by molar-refractivity contribution is 0.446. The van der Waals surface area contributed by atoms with Crippen LogP contribution in [0, 0.1) is 6.92 Å². The number of hydrogen-bond acceptors (Lipinski definition) is 5. The number of halogens is 1. The molecule has 32 heavy (non-hydrogen) atoms. The van der Waals surface area contributed by atoms with Gasteiger partial charge in [-0.1, -0.05) is 30.9 Å². The van der Waals surface area contributed by atoms with E-state index in [2.05, 4.69) is 34.6 Å². The number of benzene rings is 1. The molecule has 0 bridgehead atoms. The Hall–Kier alpha value is -1.93. The number of pyridine rings is 1. The molecule has 2 saturated carbocycles. The third-order valence-electron chi connectivity index (χ3n) is 6.61. The van der Waals surface area contributed by atoms with E-state index in [-0.39, 0.29) is 5.56 Å². The smallest absolute Gasteiger partial charge is 0.274 e. The SMILES string of the molecule is Cc1cc2c(-c3cc(SN(N)C4(Cl)CC4)ccc3NC3CCCCC3)cn(C)c(=O)c2[nH]1. The summed E-state index contributed by atoms with van der Waals surface area (Å²) >= 11 is 7.98. The summed E-state index contributed by atoms with van der Waals surface area (Å²) in [6.45, 7) is 1.98. The Kier molecular flexibility index (Phi) is 5.78. The molecule has 0 radical (unpaired) electrons. The van der Waals surface area contributed by atoms with Gasteiger partial charge in [0, 0.05) is 52.1 Å². The van der Waals surface area contributed by atoms with Crippen molar-refractivity contribution >= 4 is 40.1 Å². The summed E-state index contributed by atoms with van der Waals surface area (Å²) < 4.78 is 3.32. The fraction of sp³-hybridized carbons (Fsp3) is 0.458. The number of alkyl halides is 1. The van der Waals surface area contributed by atoms with Gasteiger partial charge in [-0.15, -0.1) is 0 Å². The molecule has 2 heterocycles. The number of fused-ring (bicyclic) bond motifs is 1. The molecule has 0 saturated heterocycles. The van der Waals surface area contributed by atoms with E-state index in [9.17, 15) is 4.79 Å². The van der Waals surface area contributed by atoms with Crippen molar-refractivity contribution in [3.63, 3.8) is 0 Å². The Bertz CT molecular complexity index is 1210. The van der Waals surface area contributed by atoms with Crippen LogP contribution in [-0.4, -0.2) is 25.0 Å². The van der Waals surface area contributed by atoms with Crippen LogP contribution < -0.4 is 16.7 Å². The minimum absolute atomic E-state index is 0.0184. The second-order valence-corrected chi connectivity index (χ2v) is 11.0. The molecule has 0 spiro atoms. The van der Waals surface area contributed by atoms with Gasteiger partial charge in [0.05, 0.1) is 0 Å². The third-order valence-corrected chi connectivity index (χ3v) is 8.28. The van der Waals surface area contributed by atoms with Crippen molar-refractivity contribution in [1.29, 1.82) is 0 Å². The molecule has 170 valence electrons. The van der Waals surface area contributed by atoms with E-state index in [0.29, 0.717) is 11.6 Å². The first-order valence-corrected chi connectivity index (χ1v) is 12.5. The van der Waals surface area contributed by atoms with Gasteiger partial charge in [0.15, 0.2) is 0 Å². The van der Waals surface area contributed by atoms with Crippen molar-refractivity contribution in [1.82, 2.24) is 14.0 Å². The van der Waals surface area contributed by atoms with Gasteiger partial charge >= 0.3 is 0 Å². The summed E-state index contributed by atoms with van der Waals surface area (Å²) in [7, 11) is 1.81. The van der Waals surface area contributed by atoms with Gasteiger partial charge in [-0.05, 0) is 68.8 Å². The molecule has 8 heteroatoms. The van der Waals surface area contributed by atoms with E-state index in [1.165, 1.54) is 44.1 Å². The number of aromatic amines is 1. The highest BCUT2D eigenvalue weighted by molar-refractivity contribution is 7.97. The summed E-state index contributed by atoms with van der Waals surface area (Å²) in [5, 5.41) is 4.74. The molecule has 5 rings (SSSR count). The molecule has 2 aliphatic carbocycles. The molecule has 0 unspecified atom stereocenters. The fourth-order valence-corrected chi connectivity index (χ4v) is 5.67. The van der Waals surface area contributed by atoms with Crippen molar-refractivity contribution in [3.8, 4) is 11.1 Å². The standard InChI is InChI=1S/C24H30ClN5OS/c1-15-12-19-20(14-29(2)23(31)22(19)27-15)18-13-17(32-30(26)24(25)10-11-24)8-9-21(18)28-16-6-4-3-5-7-16/h8-9,12-14,16,27-28H,3-7,10-11,26H2,1-2H3. The van der Waals surface area contributed by atoms with Crippen LogP contribution in [-0.2, 0) is 7.05 Å². The van der Waals surface area contributed by atoms with Crippen molar-refractivity contribution in [2.45, 2.75) is 67.8 Å². The summed E-state index contributed by atoms with van der Waals surface area (Å²) in [4.78, 5) is 16.6. The minimum atomic E-state index is -0.439. The normalized spacial score (nSPS) is 18.4. The van der Waals surface area contributed by atoms with Crippen LogP contribution >= 0.6 is 23.5 Å². The van der Waals surface area contributed by atoms with Crippen LogP contribution in [0.2, 0.25) is 0 Å². The van der Waals surface area contributed by atoms with Gasteiger partial charge in [-0.25, -0.2) is 0 Å². The maximum atomic E-state index is 12.7. The molecule has 0 aliphatic heterocycles. The Balaban J connectivity index is 1.60. The number of nitrogens with two attached hydrogens (primary N) is 1. The second kappa shape index (κ2) is 8.45. The molecule has 2 aliphatic rings. The van der Waals surface area contributed by atoms with Crippen molar-refractivity contribution < 1.29 is 0 Å². The molecule has 0 atom stereocenters. The number of hydrogen-bond donors (Lipinski definition) is 3. The average molecular weight is 472 g/mol. The zero-order valence-electron chi connectivity index (χ0n) is 18.6. The van der Waals surface area contributed by atoms with Crippen LogP contribution in [0.3, 0.4) is 0 Å². The number of hydrazine groups is 1. The van der Waals surface area contributed by atoms with E-state index in [0.717, 1.165) is 45.6 Å². The zero-order valence-corrected chi connectivity index (χ0v) is 20.2. The van der Waals surface area contributed by atoms with E-state index in [1.54, 1.807) is 16.0 Å². The van der Waals surface area contributed by atoms with E-state index in [1.807, 2.05) is 13.1 Å². The van der Waals surface area contributed by atoms with Crippen LogP contribution in [0.15, 0.2) is 40.2 Å². The van der Waals surface area contributed by atoms with Crippen LogP contribution in [0.4, 0.5) is 5.69 Å². The molecule has 1 aromatic carbocycles. The number of aryl methyl sites for hydroxylation is 2. The van der Waals surface area contributed by atoms with Crippen molar-refractivity contribution in [2.24, 2.45) is 12.9 Å². The van der Waals surface area contributed by atoms with Gasteiger partial charge in [-0.3, -0.25) is 10.6 Å². The topological polar surface area (TPSA) is 79.1 Å². The van der Waals surface area contributed by atoms with Crippen LogP contribution in [0.1, 0.15) is 50.6 Å². The highest BCUT2D eigenvalue weighted by Gasteiger charge is 2.46. The highest BCUT2D eigenvalue weighted by Crippen LogP contribution is 2.48. The lowest BCUT2D eigenvalue weighted by Gasteiger charge is -2.26. The van der Waals surface area contributed by atoms with Crippen LogP contribution in [0.5, 0.6) is 0 Å². The van der Waals surface area contributed by atoms with Crippen LogP contribution in [0.25, 0.3) is 22.0 Å². The van der Waals surface area contributed by atoms with Gasteiger partial charge in [-0.2, -0.15) is 4.41 Å². The molecule has 2 aromatic heterocycles. The fourth-order valence-electron chi connectivity index (χ4n) is 4.60. The van der Waals surface area contributed by atoms with E-state index < -0.39 is 5.00 Å². The first-order valence-electron chi connectivity index (χ1n) is 11.4. The minimum Gasteiger partial charge on any atom is -0.382 e. The predicted octanol–water partition coefficient (Wildman–Crippen LogP) is 5.50. The number of H-pyrrole nitrogens is 1. The maximum Gasteiger partial charge on any atom is 0.274 e. The molecule has 3 aromatic rings. The zero-order chi connectivity index (χ0) is 22.5. The Labute approximate surface area is 197 Å². The van der Waals surface area contributed by atoms with Gasteiger partial charge in [0.25, 0.3) is 5.56 Å². The van der Waals surface area contributed by atoms with E-state index in [4.69, 9.17) is 17.4 Å². The highest BCUT2D eigenvalue weighted by atomic mass is 35.5. The quantitative estimate of drug-likeness (QED) is 0.145. The van der Waals surface area contributed by atoms with E-state index >= 15 is 0 Å². The lowest BCUT2D eigenvalue weighted by Crippen LogP contribution is -2.32. The third kappa shape index (κ3) is 4.19. The number of nitrogens with one attached hydrogen (secondary N) is 2. The first-order chi connectivity index (χ1) is 15.3. The Morgan fingerprint density at radius 1 is 1.22 bits per heavy atom. The number of anilines is 1. The monoisotopic (exact) mass is 471 g/mol. The van der Waals surface area contributed by atoms with Gasteiger partial charge < -0.3 is 14.9 Å². The first kappa shape index (κ1) is 21.9. The van der Waals surface area contributed by atoms with Gasteiger partial charge in [0.2, 0.25) is 0 Å². The summed E-state index contributed by atoms with van der Waals surface area (Å²) in [6.07, 6.45) is 9.96. The number of rotatable bonds is 6. The van der Waals surface area contributed by atoms with Crippen molar-refractivity contribution in [2.75, 3.05) is 5.32 Å². The average Bonchev–Trinajstić information content (AvgIpc) is 3.41. The number of nitrogens with zero attached hydrogens (tertiary/aromatic N) is 2. The molecule has 0 amide bonds. The summed E-state index contributed by atoms with van der Waals surface area (Å²) in [5.74, 6) is 6.26. The molecule has 2 fully saturated rings. The predicted molar refractivity (Wildman–Crippen MR) is 134 cm³/mol. The summed E-state index contributed by atoms with van der Waals surface area (Å²) in [6, 6.07) is 8.94.